The van der Waals surface area contributed by atoms with Crippen LogP contribution < -0.4 is 9.64 Å². The number of carbonyl (C=O) groups excluding carboxylic acids is 2. The molecule has 3 aromatic rings. The summed E-state index contributed by atoms with van der Waals surface area (Å²) in [5.74, 6) is -2.58. The number of ether oxygens (including phenoxy) is 1. The summed E-state index contributed by atoms with van der Waals surface area (Å²) in [7, 11) is 1.52. The van der Waals surface area contributed by atoms with Crippen molar-refractivity contribution in [2.24, 2.45) is 0 Å². The van der Waals surface area contributed by atoms with Gasteiger partial charge in [-0.1, -0.05) is 48.0 Å². The summed E-state index contributed by atoms with van der Waals surface area (Å²) in [6.45, 7) is 1.90. The van der Waals surface area contributed by atoms with E-state index in [9.17, 15) is 24.6 Å². The van der Waals surface area contributed by atoms with E-state index in [0.29, 0.717) is 16.9 Å². The maximum Gasteiger partial charge on any atom is 0.335 e. The van der Waals surface area contributed by atoms with Crippen LogP contribution in [-0.2, 0) is 9.59 Å². The number of hydrogen-bond donors (Lipinski definition) is 2. The molecular weight excluding hydrogens is 422 g/mol. The third-order valence-corrected chi connectivity index (χ3v) is 5.57. The topological polar surface area (TPSA) is 104 Å². The Kier molecular flexibility index (Phi) is 5.70. The van der Waals surface area contributed by atoms with Gasteiger partial charge in [0, 0.05) is 11.3 Å². The number of methoxy groups -OCH3 is 1. The summed E-state index contributed by atoms with van der Waals surface area (Å²) in [5.41, 5.74) is 2.07. The Bertz CT molecular complexity index is 1270. The molecule has 1 heterocycles. The summed E-state index contributed by atoms with van der Waals surface area (Å²) in [4.78, 5) is 39.0. The molecule has 1 aliphatic heterocycles. The molecule has 0 saturated carbocycles. The number of Topliss-reactive ketones (excluding diaryl/α,β-unsaturated/α-hetero) is 1. The van der Waals surface area contributed by atoms with Gasteiger partial charge in [0.25, 0.3) is 11.7 Å². The molecule has 1 atom stereocenters. The van der Waals surface area contributed by atoms with E-state index in [4.69, 9.17) is 4.74 Å². The lowest BCUT2D eigenvalue weighted by Gasteiger charge is -2.25. The Labute approximate surface area is 190 Å². The van der Waals surface area contributed by atoms with Crippen LogP contribution in [-0.4, -0.2) is 35.0 Å². The van der Waals surface area contributed by atoms with E-state index in [1.807, 2.05) is 6.92 Å². The van der Waals surface area contributed by atoms with Gasteiger partial charge in [0.05, 0.1) is 24.3 Å². The molecule has 3 aromatic carbocycles. The van der Waals surface area contributed by atoms with Crippen molar-refractivity contribution in [3.05, 3.63) is 101 Å². The number of rotatable bonds is 5. The SMILES string of the molecule is COc1ccc(C2C(=C(O)c3ccc(C)cc3)C(=O)C(=O)N2c2cccc(C(=O)O)c2)cc1. The third kappa shape index (κ3) is 3.96. The smallest absolute Gasteiger partial charge is 0.335 e. The summed E-state index contributed by atoms with van der Waals surface area (Å²) < 4.78 is 5.21. The fourth-order valence-corrected chi connectivity index (χ4v) is 3.86. The largest absolute Gasteiger partial charge is 0.507 e. The van der Waals surface area contributed by atoms with Crippen molar-refractivity contribution >= 4 is 29.1 Å². The van der Waals surface area contributed by atoms with Crippen LogP contribution >= 0.6 is 0 Å². The zero-order chi connectivity index (χ0) is 23.7. The molecule has 0 spiro atoms. The first-order valence-electron chi connectivity index (χ1n) is 10.2. The number of carboxylic acid groups (broad SMARTS) is 1. The molecule has 0 aromatic heterocycles. The predicted octanol–water partition coefficient (Wildman–Crippen LogP) is 4.33. The molecule has 4 rings (SSSR count). The minimum atomic E-state index is -1.16. The second kappa shape index (κ2) is 8.63. The van der Waals surface area contributed by atoms with Crippen LogP contribution in [0.2, 0.25) is 0 Å². The zero-order valence-electron chi connectivity index (χ0n) is 18.0. The van der Waals surface area contributed by atoms with Crippen LogP contribution in [0.4, 0.5) is 5.69 Å². The summed E-state index contributed by atoms with van der Waals surface area (Å²) in [6.07, 6.45) is 0. The first kappa shape index (κ1) is 21.8. The minimum absolute atomic E-state index is 0.0265. The normalized spacial score (nSPS) is 17.3. The molecule has 1 amide bonds. The van der Waals surface area contributed by atoms with Crippen LogP contribution in [0.15, 0.2) is 78.4 Å². The molecular formula is C26H21NO6. The zero-order valence-corrected chi connectivity index (χ0v) is 18.0. The van der Waals surface area contributed by atoms with Gasteiger partial charge in [0.2, 0.25) is 0 Å². The number of anilines is 1. The fraction of sp³-hybridized carbons (Fsp3) is 0.115. The van der Waals surface area contributed by atoms with Crippen LogP contribution in [0.25, 0.3) is 5.76 Å². The fourth-order valence-electron chi connectivity index (χ4n) is 3.86. The predicted molar refractivity (Wildman–Crippen MR) is 122 cm³/mol. The Morgan fingerprint density at radius 2 is 1.58 bits per heavy atom. The van der Waals surface area contributed by atoms with Gasteiger partial charge in [-0.15, -0.1) is 0 Å². The number of carboxylic acids is 1. The molecule has 2 N–H and O–H groups in total. The Morgan fingerprint density at radius 1 is 0.909 bits per heavy atom. The van der Waals surface area contributed by atoms with E-state index >= 15 is 0 Å². The van der Waals surface area contributed by atoms with Crippen molar-refractivity contribution in [3.8, 4) is 5.75 Å². The molecule has 1 aliphatic rings. The van der Waals surface area contributed by atoms with E-state index < -0.39 is 23.7 Å². The van der Waals surface area contributed by atoms with Gasteiger partial charge in [-0.05, 0) is 42.8 Å². The summed E-state index contributed by atoms with van der Waals surface area (Å²) in [5, 5.41) is 20.5. The number of aromatic carboxylic acids is 1. The van der Waals surface area contributed by atoms with Crippen molar-refractivity contribution in [1.82, 2.24) is 0 Å². The average Bonchev–Trinajstić information content (AvgIpc) is 3.09. The Balaban J connectivity index is 1.94. The summed E-state index contributed by atoms with van der Waals surface area (Å²) >= 11 is 0. The number of hydrogen-bond acceptors (Lipinski definition) is 5. The van der Waals surface area contributed by atoms with Crippen LogP contribution in [0.1, 0.15) is 33.1 Å². The van der Waals surface area contributed by atoms with Gasteiger partial charge in [0.15, 0.2) is 0 Å². The monoisotopic (exact) mass is 443 g/mol. The summed E-state index contributed by atoms with van der Waals surface area (Å²) in [6, 6.07) is 18.6. The van der Waals surface area contributed by atoms with Gasteiger partial charge in [-0.2, -0.15) is 0 Å². The molecule has 7 nitrogen and oxygen atoms in total. The third-order valence-electron chi connectivity index (χ3n) is 5.57. The molecule has 1 unspecified atom stereocenters. The Morgan fingerprint density at radius 3 is 2.18 bits per heavy atom. The molecule has 33 heavy (non-hydrogen) atoms. The second-order valence-electron chi connectivity index (χ2n) is 7.66. The lowest BCUT2D eigenvalue weighted by molar-refractivity contribution is -0.132. The number of aliphatic hydroxyl groups excluding tert-OH is 1. The van der Waals surface area contributed by atoms with E-state index in [2.05, 4.69) is 0 Å². The van der Waals surface area contributed by atoms with Crippen molar-refractivity contribution in [2.45, 2.75) is 13.0 Å². The first-order valence-corrected chi connectivity index (χ1v) is 10.2. The lowest BCUT2D eigenvalue weighted by Crippen LogP contribution is -2.29. The van der Waals surface area contributed by atoms with Crippen LogP contribution in [0.3, 0.4) is 0 Å². The number of benzene rings is 3. The second-order valence-corrected chi connectivity index (χ2v) is 7.66. The van der Waals surface area contributed by atoms with Crippen LogP contribution in [0, 0.1) is 6.92 Å². The van der Waals surface area contributed by atoms with Gasteiger partial charge in [-0.25, -0.2) is 4.79 Å². The van der Waals surface area contributed by atoms with Crippen molar-refractivity contribution < 1.29 is 29.3 Å². The highest BCUT2D eigenvalue weighted by molar-refractivity contribution is 6.51. The number of aryl methyl sites for hydroxylation is 1. The molecule has 0 bridgehead atoms. The maximum absolute atomic E-state index is 13.2. The first-order chi connectivity index (χ1) is 15.8. The quantitative estimate of drug-likeness (QED) is 0.346. The number of nitrogens with zero attached hydrogens (tertiary/aromatic N) is 1. The molecule has 0 aliphatic carbocycles. The van der Waals surface area contributed by atoms with E-state index in [-0.39, 0.29) is 22.6 Å². The highest BCUT2D eigenvalue weighted by Gasteiger charge is 2.47. The van der Waals surface area contributed by atoms with Gasteiger partial charge < -0.3 is 14.9 Å². The minimum Gasteiger partial charge on any atom is -0.507 e. The average molecular weight is 443 g/mol. The van der Waals surface area contributed by atoms with E-state index in [0.717, 1.165) is 5.56 Å². The number of ketones is 1. The van der Waals surface area contributed by atoms with Crippen molar-refractivity contribution in [1.29, 1.82) is 0 Å². The molecule has 1 saturated heterocycles. The molecule has 0 radical (unpaired) electrons. The van der Waals surface area contributed by atoms with Crippen LogP contribution in [0.5, 0.6) is 5.75 Å². The van der Waals surface area contributed by atoms with Gasteiger partial charge >= 0.3 is 5.97 Å². The van der Waals surface area contributed by atoms with Gasteiger partial charge in [-0.3, -0.25) is 14.5 Å². The highest BCUT2D eigenvalue weighted by Crippen LogP contribution is 2.42. The van der Waals surface area contributed by atoms with Crippen molar-refractivity contribution in [3.63, 3.8) is 0 Å². The number of amides is 1. The lowest BCUT2D eigenvalue weighted by atomic mass is 9.94. The molecule has 7 heteroatoms. The van der Waals surface area contributed by atoms with E-state index in [1.165, 1.54) is 30.2 Å². The molecule has 166 valence electrons. The highest BCUT2D eigenvalue weighted by atomic mass is 16.5. The Hall–Kier alpha value is -4.39. The number of carbonyl (C=O) groups is 3. The van der Waals surface area contributed by atoms with E-state index in [1.54, 1.807) is 54.6 Å². The standard InChI is InChI=1S/C26H21NO6/c1-15-6-8-17(9-7-15)23(28)21-22(16-10-12-20(33-2)13-11-16)27(25(30)24(21)29)19-5-3-4-18(14-19)26(31)32/h3-14,22,28H,1-2H3,(H,31,32). The number of aliphatic hydroxyl groups is 1. The molecule has 1 fully saturated rings. The van der Waals surface area contributed by atoms with Crippen molar-refractivity contribution in [2.75, 3.05) is 12.0 Å². The maximum atomic E-state index is 13.2. The van der Waals surface area contributed by atoms with Gasteiger partial charge in [0.1, 0.15) is 11.5 Å².